The molecule has 1 fully saturated rings. The molecule has 1 saturated carbocycles. The number of hydrogen-bond acceptors (Lipinski definition) is 4. The molecule has 2 heterocycles. The van der Waals surface area contributed by atoms with E-state index in [4.69, 9.17) is 0 Å². The molecule has 2 aromatic rings. The number of thiazole rings is 1. The third kappa shape index (κ3) is 3.46. The minimum Gasteiger partial charge on any atom is -0.302 e. The number of thiophene rings is 1. The van der Waals surface area contributed by atoms with Gasteiger partial charge in [0, 0.05) is 11.8 Å². The second-order valence-corrected chi connectivity index (χ2v) is 7.08. The Bertz CT molecular complexity index is 556. The lowest BCUT2D eigenvalue weighted by atomic mass is 9.87. The molecule has 0 unspecified atom stereocenters. The maximum atomic E-state index is 12.0. The van der Waals surface area contributed by atoms with Crippen LogP contribution in [0.25, 0.3) is 10.6 Å². The molecule has 0 bridgehead atoms. The molecule has 0 aliphatic heterocycles. The predicted molar refractivity (Wildman–Crippen MR) is 85.2 cm³/mol. The van der Waals surface area contributed by atoms with Crippen LogP contribution in [-0.4, -0.2) is 10.9 Å². The Labute approximate surface area is 127 Å². The SMILES string of the molecule is O=C(CC1CCCCC1)Nc1nc(-c2cccs2)cs1. The number of anilines is 1. The first-order chi connectivity index (χ1) is 9.81. The fourth-order valence-corrected chi connectivity index (χ4v) is 4.18. The number of carbonyl (C=O) groups excluding carboxylic acids is 1. The first-order valence-corrected chi connectivity index (χ1v) is 8.86. The van der Waals surface area contributed by atoms with E-state index in [2.05, 4.69) is 10.3 Å². The summed E-state index contributed by atoms with van der Waals surface area (Å²) in [6.07, 6.45) is 6.93. The van der Waals surface area contributed by atoms with Crippen LogP contribution in [-0.2, 0) is 4.79 Å². The van der Waals surface area contributed by atoms with E-state index < -0.39 is 0 Å². The highest BCUT2D eigenvalue weighted by molar-refractivity contribution is 7.16. The molecule has 0 aromatic carbocycles. The number of rotatable bonds is 4. The average molecular weight is 306 g/mol. The van der Waals surface area contributed by atoms with Gasteiger partial charge in [-0.1, -0.05) is 25.3 Å². The second-order valence-electron chi connectivity index (χ2n) is 5.27. The number of carbonyl (C=O) groups is 1. The molecule has 0 spiro atoms. The van der Waals surface area contributed by atoms with E-state index in [0.29, 0.717) is 17.5 Å². The monoisotopic (exact) mass is 306 g/mol. The first kappa shape index (κ1) is 13.8. The van der Waals surface area contributed by atoms with Crippen LogP contribution >= 0.6 is 22.7 Å². The largest absolute Gasteiger partial charge is 0.302 e. The van der Waals surface area contributed by atoms with E-state index in [0.717, 1.165) is 10.6 Å². The van der Waals surface area contributed by atoms with E-state index in [1.807, 2.05) is 22.9 Å². The Balaban J connectivity index is 1.56. The molecule has 0 radical (unpaired) electrons. The minimum atomic E-state index is 0.115. The lowest BCUT2D eigenvalue weighted by molar-refractivity contribution is -0.117. The Morgan fingerprint density at radius 1 is 1.30 bits per heavy atom. The van der Waals surface area contributed by atoms with Crippen molar-refractivity contribution in [3.63, 3.8) is 0 Å². The molecule has 1 aliphatic carbocycles. The molecule has 0 atom stereocenters. The number of amides is 1. The van der Waals surface area contributed by atoms with Crippen molar-refractivity contribution in [3.8, 4) is 10.6 Å². The van der Waals surface area contributed by atoms with Gasteiger partial charge in [0.15, 0.2) is 5.13 Å². The summed E-state index contributed by atoms with van der Waals surface area (Å²) in [5.41, 5.74) is 0.956. The molecule has 20 heavy (non-hydrogen) atoms. The standard InChI is InChI=1S/C15H18N2OS2/c18-14(9-11-5-2-1-3-6-11)17-15-16-12(10-20-15)13-7-4-8-19-13/h4,7-8,10-11H,1-3,5-6,9H2,(H,16,17,18). The third-order valence-electron chi connectivity index (χ3n) is 3.72. The van der Waals surface area contributed by atoms with Crippen molar-refractivity contribution in [3.05, 3.63) is 22.9 Å². The third-order valence-corrected chi connectivity index (χ3v) is 5.37. The van der Waals surface area contributed by atoms with Gasteiger partial charge in [0.05, 0.1) is 10.6 Å². The number of aromatic nitrogens is 1. The van der Waals surface area contributed by atoms with Crippen molar-refractivity contribution >= 4 is 33.7 Å². The van der Waals surface area contributed by atoms with Crippen molar-refractivity contribution in [1.29, 1.82) is 0 Å². The molecule has 106 valence electrons. The van der Waals surface area contributed by atoms with Gasteiger partial charge in [0.2, 0.25) is 5.91 Å². The maximum absolute atomic E-state index is 12.0. The smallest absolute Gasteiger partial charge is 0.226 e. The Morgan fingerprint density at radius 3 is 2.90 bits per heavy atom. The lowest BCUT2D eigenvalue weighted by Crippen LogP contribution is -2.18. The number of hydrogen-bond donors (Lipinski definition) is 1. The van der Waals surface area contributed by atoms with E-state index in [1.165, 1.54) is 43.4 Å². The van der Waals surface area contributed by atoms with Gasteiger partial charge >= 0.3 is 0 Å². The van der Waals surface area contributed by atoms with Crippen molar-refractivity contribution < 1.29 is 4.79 Å². The second kappa shape index (κ2) is 6.50. The van der Waals surface area contributed by atoms with Crippen LogP contribution in [0.5, 0.6) is 0 Å². The summed E-state index contributed by atoms with van der Waals surface area (Å²) in [5, 5.41) is 7.70. The molecule has 0 saturated heterocycles. The van der Waals surface area contributed by atoms with Gasteiger partial charge in [0.25, 0.3) is 0 Å². The zero-order valence-corrected chi connectivity index (χ0v) is 12.9. The fourth-order valence-electron chi connectivity index (χ4n) is 2.69. The summed E-state index contributed by atoms with van der Waals surface area (Å²) in [6.45, 7) is 0. The summed E-state index contributed by atoms with van der Waals surface area (Å²) >= 11 is 3.17. The summed E-state index contributed by atoms with van der Waals surface area (Å²) in [6, 6.07) is 4.06. The lowest BCUT2D eigenvalue weighted by Gasteiger charge is -2.20. The van der Waals surface area contributed by atoms with Crippen molar-refractivity contribution in [2.45, 2.75) is 38.5 Å². The molecule has 3 nitrogen and oxygen atoms in total. The Hall–Kier alpha value is -1.20. The van der Waals surface area contributed by atoms with Crippen molar-refractivity contribution in [2.24, 2.45) is 5.92 Å². The van der Waals surface area contributed by atoms with Gasteiger partial charge in [-0.25, -0.2) is 4.98 Å². The summed E-state index contributed by atoms with van der Waals surface area (Å²) < 4.78 is 0. The molecule has 1 aliphatic rings. The maximum Gasteiger partial charge on any atom is 0.226 e. The number of nitrogens with one attached hydrogen (secondary N) is 1. The van der Waals surface area contributed by atoms with E-state index >= 15 is 0 Å². The summed E-state index contributed by atoms with van der Waals surface area (Å²) in [4.78, 5) is 17.7. The van der Waals surface area contributed by atoms with Crippen LogP contribution in [0, 0.1) is 5.92 Å². The molecular weight excluding hydrogens is 288 g/mol. The van der Waals surface area contributed by atoms with Crippen LogP contribution in [0.2, 0.25) is 0 Å². The van der Waals surface area contributed by atoms with E-state index in [-0.39, 0.29) is 5.91 Å². The Kier molecular flexibility index (Phi) is 4.47. The molecule has 2 aromatic heterocycles. The molecule has 1 N–H and O–H groups in total. The normalized spacial score (nSPS) is 16.2. The Morgan fingerprint density at radius 2 is 2.15 bits per heavy atom. The minimum absolute atomic E-state index is 0.115. The van der Waals surface area contributed by atoms with Gasteiger partial charge < -0.3 is 5.32 Å². The van der Waals surface area contributed by atoms with Gasteiger partial charge in [-0.05, 0) is 30.2 Å². The molecule has 1 amide bonds. The van der Waals surface area contributed by atoms with Crippen LogP contribution in [0.15, 0.2) is 22.9 Å². The highest BCUT2D eigenvalue weighted by atomic mass is 32.1. The van der Waals surface area contributed by atoms with Gasteiger partial charge in [0.1, 0.15) is 0 Å². The van der Waals surface area contributed by atoms with Crippen molar-refractivity contribution in [2.75, 3.05) is 5.32 Å². The van der Waals surface area contributed by atoms with E-state index in [9.17, 15) is 4.79 Å². The topological polar surface area (TPSA) is 42.0 Å². The van der Waals surface area contributed by atoms with E-state index in [1.54, 1.807) is 11.3 Å². The van der Waals surface area contributed by atoms with Crippen LogP contribution in [0.1, 0.15) is 38.5 Å². The van der Waals surface area contributed by atoms with Gasteiger partial charge in [-0.3, -0.25) is 4.79 Å². The summed E-state index contributed by atoms with van der Waals surface area (Å²) in [5.74, 6) is 0.685. The van der Waals surface area contributed by atoms with Crippen molar-refractivity contribution in [1.82, 2.24) is 4.98 Å². The summed E-state index contributed by atoms with van der Waals surface area (Å²) in [7, 11) is 0. The zero-order chi connectivity index (χ0) is 13.8. The quantitative estimate of drug-likeness (QED) is 0.883. The highest BCUT2D eigenvalue weighted by Crippen LogP contribution is 2.29. The van der Waals surface area contributed by atoms with Crippen LogP contribution in [0.3, 0.4) is 0 Å². The van der Waals surface area contributed by atoms with Crippen LogP contribution in [0.4, 0.5) is 5.13 Å². The molecular formula is C15H18N2OS2. The molecule has 3 rings (SSSR count). The fraction of sp³-hybridized carbons (Fsp3) is 0.467. The first-order valence-electron chi connectivity index (χ1n) is 7.10. The average Bonchev–Trinajstić information content (AvgIpc) is 3.10. The van der Waals surface area contributed by atoms with Gasteiger partial charge in [-0.2, -0.15) is 0 Å². The highest BCUT2D eigenvalue weighted by Gasteiger charge is 2.17. The molecule has 5 heteroatoms. The van der Waals surface area contributed by atoms with Crippen LogP contribution < -0.4 is 5.32 Å². The zero-order valence-electron chi connectivity index (χ0n) is 11.3. The van der Waals surface area contributed by atoms with Gasteiger partial charge in [-0.15, -0.1) is 22.7 Å². The number of nitrogens with zero attached hydrogens (tertiary/aromatic N) is 1. The predicted octanol–water partition coefficient (Wildman–Crippen LogP) is 4.78.